The van der Waals surface area contributed by atoms with Crippen molar-refractivity contribution >= 4 is 11.6 Å². The molecule has 0 fully saturated rings. The van der Waals surface area contributed by atoms with Crippen molar-refractivity contribution < 1.29 is 4.39 Å². The minimum atomic E-state index is -0.307. The SMILES string of the molecule is Cc1nc(NCc2ccc(F)cc2-n2cccn2)n2ncc(C(C)C)c2n1. The first-order chi connectivity index (χ1) is 13.0. The third-order valence-corrected chi connectivity index (χ3v) is 4.36. The number of hydrogen-bond acceptors (Lipinski definition) is 5. The fourth-order valence-corrected chi connectivity index (χ4v) is 3.01. The molecule has 3 aromatic heterocycles. The van der Waals surface area contributed by atoms with Gasteiger partial charge in [0.05, 0.1) is 11.9 Å². The lowest BCUT2D eigenvalue weighted by atomic mass is 10.1. The van der Waals surface area contributed by atoms with Crippen LogP contribution in [0.4, 0.5) is 10.3 Å². The molecule has 0 aliphatic carbocycles. The summed E-state index contributed by atoms with van der Waals surface area (Å²) in [6, 6.07) is 6.45. The molecule has 7 nitrogen and oxygen atoms in total. The molecule has 0 amide bonds. The second-order valence-corrected chi connectivity index (χ2v) is 6.66. The van der Waals surface area contributed by atoms with Crippen LogP contribution in [-0.4, -0.2) is 29.4 Å². The molecule has 0 spiro atoms. The largest absolute Gasteiger partial charge is 0.350 e. The summed E-state index contributed by atoms with van der Waals surface area (Å²) in [5, 5.41) is 11.9. The highest BCUT2D eigenvalue weighted by Crippen LogP contribution is 2.22. The van der Waals surface area contributed by atoms with Crippen molar-refractivity contribution in [2.75, 3.05) is 5.32 Å². The van der Waals surface area contributed by atoms with E-state index in [2.05, 4.69) is 39.3 Å². The molecule has 0 saturated heterocycles. The lowest BCUT2D eigenvalue weighted by Crippen LogP contribution is -2.12. The Bertz CT molecular complexity index is 1080. The van der Waals surface area contributed by atoms with E-state index in [1.54, 1.807) is 33.7 Å². The predicted molar refractivity (Wildman–Crippen MR) is 100 cm³/mol. The lowest BCUT2D eigenvalue weighted by molar-refractivity contribution is 0.624. The van der Waals surface area contributed by atoms with Gasteiger partial charge in [-0.05, 0) is 36.6 Å². The first-order valence-corrected chi connectivity index (χ1v) is 8.77. The number of hydrogen-bond donors (Lipinski definition) is 1. The first-order valence-electron chi connectivity index (χ1n) is 8.77. The number of nitrogens with zero attached hydrogens (tertiary/aromatic N) is 6. The van der Waals surface area contributed by atoms with Gasteiger partial charge in [0, 0.05) is 24.5 Å². The summed E-state index contributed by atoms with van der Waals surface area (Å²) in [6.07, 6.45) is 5.27. The van der Waals surface area contributed by atoms with E-state index in [9.17, 15) is 4.39 Å². The average molecular weight is 365 g/mol. The summed E-state index contributed by atoms with van der Waals surface area (Å²) in [5.74, 6) is 1.27. The molecule has 0 aliphatic rings. The molecule has 27 heavy (non-hydrogen) atoms. The van der Waals surface area contributed by atoms with Gasteiger partial charge in [0.15, 0.2) is 5.65 Å². The summed E-state index contributed by atoms with van der Waals surface area (Å²) >= 11 is 0. The monoisotopic (exact) mass is 365 g/mol. The van der Waals surface area contributed by atoms with Crippen molar-refractivity contribution in [3.63, 3.8) is 0 Å². The normalized spacial score (nSPS) is 11.4. The Labute approximate surface area is 155 Å². The fraction of sp³-hybridized carbons (Fsp3) is 0.263. The van der Waals surface area contributed by atoms with E-state index in [4.69, 9.17) is 0 Å². The van der Waals surface area contributed by atoms with Gasteiger partial charge in [0.25, 0.3) is 0 Å². The van der Waals surface area contributed by atoms with Gasteiger partial charge < -0.3 is 5.32 Å². The fourth-order valence-electron chi connectivity index (χ4n) is 3.01. The van der Waals surface area contributed by atoms with Gasteiger partial charge in [-0.3, -0.25) is 0 Å². The van der Waals surface area contributed by atoms with E-state index < -0.39 is 0 Å². The number of nitrogens with one attached hydrogen (secondary N) is 1. The molecule has 0 bridgehead atoms. The molecule has 0 unspecified atom stereocenters. The van der Waals surface area contributed by atoms with Crippen molar-refractivity contribution in [1.29, 1.82) is 0 Å². The van der Waals surface area contributed by atoms with Crippen LogP contribution in [0.1, 0.15) is 36.7 Å². The number of benzene rings is 1. The van der Waals surface area contributed by atoms with Gasteiger partial charge in [0.1, 0.15) is 11.6 Å². The van der Waals surface area contributed by atoms with Crippen molar-refractivity contribution in [1.82, 2.24) is 29.4 Å². The Morgan fingerprint density at radius 1 is 1.19 bits per heavy atom. The summed E-state index contributed by atoms with van der Waals surface area (Å²) in [6.45, 7) is 6.51. The maximum atomic E-state index is 13.7. The summed E-state index contributed by atoms with van der Waals surface area (Å²) in [4.78, 5) is 9.01. The minimum Gasteiger partial charge on any atom is -0.350 e. The number of halogens is 1. The molecule has 1 N–H and O–H groups in total. The highest BCUT2D eigenvalue weighted by Gasteiger charge is 2.14. The third kappa shape index (κ3) is 3.25. The second-order valence-electron chi connectivity index (χ2n) is 6.66. The average Bonchev–Trinajstić information content (AvgIpc) is 3.30. The Kier molecular flexibility index (Phi) is 4.31. The molecule has 8 heteroatoms. The number of rotatable bonds is 5. The Hall–Kier alpha value is -3.29. The number of fused-ring (bicyclic) bond motifs is 1. The van der Waals surface area contributed by atoms with Crippen LogP contribution < -0.4 is 5.32 Å². The van der Waals surface area contributed by atoms with Crippen molar-refractivity contribution in [3.8, 4) is 5.69 Å². The maximum absolute atomic E-state index is 13.7. The summed E-state index contributed by atoms with van der Waals surface area (Å²) < 4.78 is 17.1. The molecule has 4 rings (SSSR count). The topological polar surface area (TPSA) is 72.9 Å². The molecule has 0 aliphatic heterocycles. The van der Waals surface area contributed by atoms with E-state index in [0.29, 0.717) is 29.9 Å². The van der Waals surface area contributed by atoms with Crippen LogP contribution in [0.3, 0.4) is 0 Å². The van der Waals surface area contributed by atoms with Gasteiger partial charge in [0.2, 0.25) is 5.95 Å². The molecule has 0 saturated carbocycles. The highest BCUT2D eigenvalue weighted by molar-refractivity contribution is 5.52. The molecular weight excluding hydrogens is 345 g/mol. The number of aromatic nitrogens is 6. The molecule has 0 radical (unpaired) electrons. The van der Waals surface area contributed by atoms with E-state index in [-0.39, 0.29) is 5.82 Å². The zero-order valence-corrected chi connectivity index (χ0v) is 15.4. The second kappa shape index (κ2) is 6.79. The number of anilines is 1. The van der Waals surface area contributed by atoms with E-state index >= 15 is 0 Å². The van der Waals surface area contributed by atoms with Crippen LogP contribution in [0, 0.1) is 12.7 Å². The van der Waals surface area contributed by atoms with E-state index in [0.717, 1.165) is 16.8 Å². The zero-order chi connectivity index (χ0) is 19.0. The van der Waals surface area contributed by atoms with E-state index in [1.807, 2.05) is 13.1 Å². The Morgan fingerprint density at radius 2 is 2.04 bits per heavy atom. The minimum absolute atomic E-state index is 0.307. The van der Waals surface area contributed by atoms with Crippen LogP contribution in [-0.2, 0) is 6.54 Å². The Morgan fingerprint density at radius 3 is 2.78 bits per heavy atom. The lowest BCUT2D eigenvalue weighted by Gasteiger charge is -2.12. The van der Waals surface area contributed by atoms with Crippen molar-refractivity contribution in [2.45, 2.75) is 33.2 Å². The maximum Gasteiger partial charge on any atom is 0.227 e. The van der Waals surface area contributed by atoms with Crippen molar-refractivity contribution in [2.24, 2.45) is 0 Å². The molecular formula is C19H20FN7. The van der Waals surface area contributed by atoms with Crippen LogP contribution in [0.25, 0.3) is 11.3 Å². The summed E-state index contributed by atoms with van der Waals surface area (Å²) in [5.41, 5.74) is 3.44. The summed E-state index contributed by atoms with van der Waals surface area (Å²) in [7, 11) is 0. The molecule has 0 atom stereocenters. The number of aryl methyl sites for hydroxylation is 1. The molecule has 3 heterocycles. The van der Waals surface area contributed by atoms with Crippen LogP contribution in [0.5, 0.6) is 0 Å². The van der Waals surface area contributed by atoms with Gasteiger partial charge in [-0.25, -0.2) is 14.1 Å². The smallest absolute Gasteiger partial charge is 0.227 e. The van der Waals surface area contributed by atoms with Crippen LogP contribution in [0.2, 0.25) is 0 Å². The Balaban J connectivity index is 1.69. The van der Waals surface area contributed by atoms with E-state index in [1.165, 1.54) is 12.1 Å². The van der Waals surface area contributed by atoms with Gasteiger partial charge in [-0.2, -0.15) is 19.7 Å². The third-order valence-electron chi connectivity index (χ3n) is 4.36. The molecule has 4 aromatic rings. The predicted octanol–water partition coefficient (Wildman–Crippen LogP) is 3.49. The first kappa shape index (κ1) is 17.1. The zero-order valence-electron chi connectivity index (χ0n) is 15.4. The quantitative estimate of drug-likeness (QED) is 0.586. The van der Waals surface area contributed by atoms with Gasteiger partial charge >= 0.3 is 0 Å². The van der Waals surface area contributed by atoms with Gasteiger partial charge in [-0.1, -0.05) is 19.9 Å². The van der Waals surface area contributed by atoms with Crippen LogP contribution in [0.15, 0.2) is 42.9 Å². The van der Waals surface area contributed by atoms with Crippen molar-refractivity contribution in [3.05, 3.63) is 65.6 Å². The molecule has 138 valence electrons. The highest BCUT2D eigenvalue weighted by atomic mass is 19.1. The van der Waals surface area contributed by atoms with Gasteiger partial charge in [-0.15, -0.1) is 0 Å². The molecule has 1 aromatic carbocycles. The standard InChI is InChI=1S/C19H20FN7/c1-12(2)16-11-23-27-18(16)24-13(3)25-19(27)21-10-14-5-6-15(20)9-17(14)26-8-4-7-22-26/h4-9,11-12H,10H2,1-3H3,(H,21,24,25). The van der Waals surface area contributed by atoms with Crippen LogP contribution >= 0.6 is 0 Å².